The molecule has 0 spiro atoms. The maximum Gasteiger partial charge on any atom is 0.119 e. The van der Waals surface area contributed by atoms with Crippen LogP contribution in [0.25, 0.3) is 0 Å². The van der Waals surface area contributed by atoms with Crippen LogP contribution in [-0.2, 0) is 6.54 Å². The van der Waals surface area contributed by atoms with E-state index in [2.05, 4.69) is 24.9 Å². The molecular formula is C12H17NO. The van der Waals surface area contributed by atoms with Crippen LogP contribution in [0.4, 0.5) is 0 Å². The molecule has 0 aliphatic heterocycles. The normalized spacial score (nSPS) is 9.64. The maximum absolute atomic E-state index is 5.17. The molecular weight excluding hydrogens is 174 g/mol. The molecule has 2 heteroatoms. The van der Waals surface area contributed by atoms with Crippen molar-refractivity contribution in [2.45, 2.75) is 20.4 Å². The lowest BCUT2D eigenvalue weighted by molar-refractivity contribution is 0.414. The number of hydrogen-bond donors (Lipinski definition) is 1. The molecule has 2 nitrogen and oxygen atoms in total. The van der Waals surface area contributed by atoms with Crippen molar-refractivity contribution in [3.05, 3.63) is 41.6 Å². The Kier molecular flexibility index (Phi) is 3.57. The lowest BCUT2D eigenvalue weighted by Crippen LogP contribution is -2.10. The van der Waals surface area contributed by atoms with E-state index in [1.54, 1.807) is 7.11 Å². The highest BCUT2D eigenvalue weighted by molar-refractivity contribution is 5.34. The van der Waals surface area contributed by atoms with Crippen molar-refractivity contribution in [3.63, 3.8) is 0 Å². The number of rotatable bonds is 4. The van der Waals surface area contributed by atoms with Gasteiger partial charge in [-0.1, -0.05) is 12.6 Å². The summed E-state index contributed by atoms with van der Waals surface area (Å²) in [5.41, 5.74) is 3.49. The molecule has 1 rings (SSSR count). The van der Waals surface area contributed by atoms with Crippen LogP contribution in [0.3, 0.4) is 0 Å². The molecule has 1 N–H and O–H groups in total. The Morgan fingerprint density at radius 3 is 2.79 bits per heavy atom. The monoisotopic (exact) mass is 191 g/mol. The van der Waals surface area contributed by atoms with Crippen molar-refractivity contribution in [1.82, 2.24) is 5.32 Å². The standard InChI is InChI=1S/C12H17NO/c1-9(2)13-8-11-7-12(14-4)6-5-10(11)3/h5-7,13H,1,8H2,2-4H3. The molecule has 0 atom stereocenters. The summed E-state index contributed by atoms with van der Waals surface area (Å²) in [5, 5.41) is 3.20. The zero-order valence-corrected chi connectivity index (χ0v) is 9.05. The predicted octanol–water partition coefficient (Wildman–Crippen LogP) is 2.63. The van der Waals surface area contributed by atoms with E-state index in [1.807, 2.05) is 19.1 Å². The summed E-state index contributed by atoms with van der Waals surface area (Å²) >= 11 is 0. The Bertz CT molecular complexity index is 331. The van der Waals surface area contributed by atoms with E-state index < -0.39 is 0 Å². The van der Waals surface area contributed by atoms with Gasteiger partial charge in [-0.15, -0.1) is 0 Å². The van der Waals surface area contributed by atoms with Crippen molar-refractivity contribution in [2.75, 3.05) is 7.11 Å². The molecule has 0 aliphatic rings. The van der Waals surface area contributed by atoms with Crippen molar-refractivity contribution in [3.8, 4) is 5.75 Å². The average Bonchev–Trinajstić information content (AvgIpc) is 2.16. The Labute approximate surface area is 85.6 Å². The number of hydrogen-bond acceptors (Lipinski definition) is 2. The second-order valence-electron chi connectivity index (χ2n) is 3.43. The number of benzene rings is 1. The molecule has 0 heterocycles. The number of allylic oxidation sites excluding steroid dienone is 1. The summed E-state index contributed by atoms with van der Waals surface area (Å²) < 4.78 is 5.17. The van der Waals surface area contributed by atoms with Crippen molar-refractivity contribution in [1.29, 1.82) is 0 Å². The molecule has 0 radical (unpaired) electrons. The number of methoxy groups -OCH3 is 1. The van der Waals surface area contributed by atoms with E-state index in [9.17, 15) is 0 Å². The van der Waals surface area contributed by atoms with Crippen LogP contribution in [0.1, 0.15) is 18.1 Å². The topological polar surface area (TPSA) is 21.3 Å². The molecule has 0 aliphatic carbocycles. The van der Waals surface area contributed by atoms with E-state index in [0.29, 0.717) is 0 Å². The molecule has 0 saturated heterocycles. The Morgan fingerprint density at radius 1 is 1.50 bits per heavy atom. The number of aryl methyl sites for hydroxylation is 1. The van der Waals surface area contributed by atoms with Gasteiger partial charge in [0.25, 0.3) is 0 Å². The highest BCUT2D eigenvalue weighted by Crippen LogP contribution is 2.16. The van der Waals surface area contributed by atoms with Gasteiger partial charge in [0.2, 0.25) is 0 Å². The first-order valence-electron chi connectivity index (χ1n) is 4.66. The van der Waals surface area contributed by atoms with Crippen LogP contribution in [0.2, 0.25) is 0 Å². The molecule has 0 fully saturated rings. The first kappa shape index (κ1) is 10.6. The second kappa shape index (κ2) is 4.70. The molecule has 1 aromatic rings. The quantitative estimate of drug-likeness (QED) is 0.790. The highest BCUT2D eigenvalue weighted by atomic mass is 16.5. The summed E-state index contributed by atoms with van der Waals surface area (Å²) in [5.74, 6) is 0.897. The van der Waals surface area contributed by atoms with Gasteiger partial charge < -0.3 is 10.1 Å². The summed E-state index contributed by atoms with van der Waals surface area (Å²) in [6.07, 6.45) is 0. The molecule has 0 saturated carbocycles. The third kappa shape index (κ3) is 2.80. The first-order chi connectivity index (χ1) is 6.63. The van der Waals surface area contributed by atoms with E-state index in [-0.39, 0.29) is 0 Å². The van der Waals surface area contributed by atoms with Crippen LogP contribution in [0.15, 0.2) is 30.5 Å². The van der Waals surface area contributed by atoms with Gasteiger partial charge in [0.05, 0.1) is 7.11 Å². The van der Waals surface area contributed by atoms with Gasteiger partial charge in [0.1, 0.15) is 5.75 Å². The molecule has 0 bridgehead atoms. The molecule has 0 unspecified atom stereocenters. The smallest absolute Gasteiger partial charge is 0.119 e. The summed E-state index contributed by atoms with van der Waals surface area (Å²) in [4.78, 5) is 0. The van der Waals surface area contributed by atoms with Crippen LogP contribution in [0.5, 0.6) is 5.75 Å². The van der Waals surface area contributed by atoms with Crippen molar-refractivity contribution >= 4 is 0 Å². The van der Waals surface area contributed by atoms with Gasteiger partial charge in [-0.25, -0.2) is 0 Å². The lowest BCUT2D eigenvalue weighted by Gasteiger charge is -2.10. The Morgan fingerprint density at radius 2 is 2.21 bits per heavy atom. The predicted molar refractivity (Wildman–Crippen MR) is 59.4 cm³/mol. The minimum Gasteiger partial charge on any atom is -0.497 e. The van der Waals surface area contributed by atoms with Gasteiger partial charge in [0, 0.05) is 12.2 Å². The largest absolute Gasteiger partial charge is 0.497 e. The molecule has 0 amide bonds. The Hall–Kier alpha value is -1.44. The fraction of sp³-hybridized carbons (Fsp3) is 0.333. The zero-order chi connectivity index (χ0) is 10.6. The summed E-state index contributed by atoms with van der Waals surface area (Å²) in [7, 11) is 1.68. The van der Waals surface area contributed by atoms with Gasteiger partial charge >= 0.3 is 0 Å². The molecule has 14 heavy (non-hydrogen) atoms. The average molecular weight is 191 g/mol. The summed E-state index contributed by atoms with van der Waals surface area (Å²) in [6.45, 7) is 8.65. The SMILES string of the molecule is C=C(C)NCc1cc(OC)ccc1C. The zero-order valence-electron chi connectivity index (χ0n) is 9.05. The van der Waals surface area contributed by atoms with E-state index in [1.165, 1.54) is 11.1 Å². The molecule has 76 valence electrons. The van der Waals surface area contributed by atoms with Crippen LogP contribution in [-0.4, -0.2) is 7.11 Å². The second-order valence-corrected chi connectivity index (χ2v) is 3.43. The third-order valence-corrected chi connectivity index (χ3v) is 2.14. The number of nitrogens with one attached hydrogen (secondary N) is 1. The third-order valence-electron chi connectivity index (χ3n) is 2.14. The fourth-order valence-corrected chi connectivity index (χ4v) is 1.21. The van der Waals surface area contributed by atoms with Crippen molar-refractivity contribution < 1.29 is 4.74 Å². The first-order valence-corrected chi connectivity index (χ1v) is 4.66. The van der Waals surface area contributed by atoms with Crippen LogP contribution < -0.4 is 10.1 Å². The van der Waals surface area contributed by atoms with E-state index >= 15 is 0 Å². The molecule has 0 aromatic heterocycles. The number of ether oxygens (including phenoxy) is 1. The van der Waals surface area contributed by atoms with Crippen molar-refractivity contribution in [2.24, 2.45) is 0 Å². The molecule has 1 aromatic carbocycles. The minimum atomic E-state index is 0.804. The van der Waals surface area contributed by atoms with Crippen LogP contribution >= 0.6 is 0 Å². The minimum absolute atomic E-state index is 0.804. The fourth-order valence-electron chi connectivity index (χ4n) is 1.21. The van der Waals surface area contributed by atoms with E-state index in [0.717, 1.165) is 18.0 Å². The van der Waals surface area contributed by atoms with Gasteiger partial charge in [-0.05, 0) is 37.1 Å². The van der Waals surface area contributed by atoms with Crippen LogP contribution in [0, 0.1) is 6.92 Å². The van der Waals surface area contributed by atoms with Gasteiger partial charge in [-0.3, -0.25) is 0 Å². The van der Waals surface area contributed by atoms with E-state index in [4.69, 9.17) is 4.74 Å². The van der Waals surface area contributed by atoms with Gasteiger partial charge in [0.15, 0.2) is 0 Å². The maximum atomic E-state index is 5.17. The summed E-state index contributed by atoms with van der Waals surface area (Å²) in [6, 6.07) is 6.08. The Balaban J connectivity index is 2.78. The van der Waals surface area contributed by atoms with Gasteiger partial charge in [-0.2, -0.15) is 0 Å². The lowest BCUT2D eigenvalue weighted by atomic mass is 10.1. The highest BCUT2D eigenvalue weighted by Gasteiger charge is 1.99.